The molecule has 3 rings (SSSR count). The fraction of sp³-hybridized carbons (Fsp3) is 0.227. The molecule has 2 N–H and O–H groups in total. The van der Waals surface area contributed by atoms with Crippen molar-refractivity contribution in [3.8, 4) is 11.4 Å². The van der Waals surface area contributed by atoms with Crippen LogP contribution in [0.25, 0.3) is 11.4 Å². The topological polar surface area (TPSA) is 66.9 Å². The summed E-state index contributed by atoms with van der Waals surface area (Å²) in [6, 6.07) is 17.6. The summed E-state index contributed by atoms with van der Waals surface area (Å²) >= 11 is 0. The van der Waals surface area contributed by atoms with Crippen LogP contribution in [-0.2, 0) is 6.54 Å². The maximum atomic E-state index is 13.9. The third-order valence-corrected chi connectivity index (χ3v) is 4.40. The number of hydrogen-bond acceptors (Lipinski definition) is 4. The standard InChI is InChI=1S/C22H23FN4O/c1-3-15(2)25-22(28)19-13-20(24-14-17-11-7-8-12-18(17)23)27-21(26-19)16-9-5-4-6-10-16/h4-13,15H,3,14H2,1-2H3,(H,25,28)(H,24,26,27). The Morgan fingerprint density at radius 2 is 1.79 bits per heavy atom. The van der Waals surface area contributed by atoms with E-state index in [1.54, 1.807) is 24.3 Å². The van der Waals surface area contributed by atoms with Crippen LogP contribution in [0.3, 0.4) is 0 Å². The predicted octanol–water partition coefficient (Wildman–Crippen LogP) is 4.42. The highest BCUT2D eigenvalue weighted by Crippen LogP contribution is 2.19. The van der Waals surface area contributed by atoms with Crippen LogP contribution in [0.1, 0.15) is 36.3 Å². The van der Waals surface area contributed by atoms with Crippen molar-refractivity contribution in [2.75, 3.05) is 5.32 Å². The van der Waals surface area contributed by atoms with E-state index in [9.17, 15) is 9.18 Å². The highest BCUT2D eigenvalue weighted by Gasteiger charge is 2.15. The molecule has 5 nitrogen and oxygen atoms in total. The first kappa shape index (κ1) is 19.5. The van der Waals surface area contributed by atoms with Crippen molar-refractivity contribution in [2.24, 2.45) is 0 Å². The number of aromatic nitrogens is 2. The van der Waals surface area contributed by atoms with Gasteiger partial charge < -0.3 is 10.6 Å². The van der Waals surface area contributed by atoms with E-state index in [4.69, 9.17) is 0 Å². The van der Waals surface area contributed by atoms with Crippen molar-refractivity contribution in [1.29, 1.82) is 0 Å². The van der Waals surface area contributed by atoms with Gasteiger partial charge >= 0.3 is 0 Å². The summed E-state index contributed by atoms with van der Waals surface area (Å²) < 4.78 is 13.9. The van der Waals surface area contributed by atoms with Crippen LogP contribution in [0.15, 0.2) is 60.7 Å². The van der Waals surface area contributed by atoms with Crippen molar-refractivity contribution in [2.45, 2.75) is 32.9 Å². The minimum absolute atomic E-state index is 0.0393. The molecule has 0 radical (unpaired) electrons. The number of hydrogen-bond donors (Lipinski definition) is 2. The number of anilines is 1. The molecule has 1 heterocycles. The fourth-order valence-corrected chi connectivity index (χ4v) is 2.60. The van der Waals surface area contributed by atoms with E-state index in [2.05, 4.69) is 20.6 Å². The van der Waals surface area contributed by atoms with Crippen LogP contribution < -0.4 is 10.6 Å². The average Bonchev–Trinajstić information content (AvgIpc) is 2.73. The molecule has 144 valence electrons. The third-order valence-electron chi connectivity index (χ3n) is 4.40. The van der Waals surface area contributed by atoms with E-state index < -0.39 is 0 Å². The lowest BCUT2D eigenvalue weighted by Gasteiger charge is -2.13. The zero-order valence-corrected chi connectivity index (χ0v) is 15.9. The summed E-state index contributed by atoms with van der Waals surface area (Å²) in [7, 11) is 0. The van der Waals surface area contributed by atoms with Crippen molar-refractivity contribution in [1.82, 2.24) is 15.3 Å². The first-order valence-electron chi connectivity index (χ1n) is 9.29. The number of rotatable bonds is 7. The molecule has 0 fully saturated rings. The molecule has 0 aliphatic rings. The Morgan fingerprint density at radius 1 is 1.07 bits per heavy atom. The van der Waals surface area contributed by atoms with Crippen LogP contribution in [0.2, 0.25) is 0 Å². The maximum Gasteiger partial charge on any atom is 0.270 e. The molecule has 0 aliphatic carbocycles. The van der Waals surface area contributed by atoms with E-state index in [1.807, 2.05) is 44.2 Å². The van der Waals surface area contributed by atoms with E-state index >= 15 is 0 Å². The smallest absolute Gasteiger partial charge is 0.270 e. The average molecular weight is 378 g/mol. The Bertz CT molecular complexity index is 946. The monoisotopic (exact) mass is 378 g/mol. The molecule has 6 heteroatoms. The van der Waals surface area contributed by atoms with Gasteiger partial charge in [-0.15, -0.1) is 0 Å². The van der Waals surface area contributed by atoms with Gasteiger partial charge in [-0.3, -0.25) is 4.79 Å². The van der Waals surface area contributed by atoms with Gasteiger partial charge in [-0.2, -0.15) is 0 Å². The predicted molar refractivity (Wildman–Crippen MR) is 108 cm³/mol. The minimum Gasteiger partial charge on any atom is -0.366 e. The molecule has 0 saturated heterocycles. The van der Waals surface area contributed by atoms with Crippen LogP contribution in [-0.4, -0.2) is 21.9 Å². The Morgan fingerprint density at radius 3 is 2.50 bits per heavy atom. The Hall–Kier alpha value is -3.28. The lowest BCUT2D eigenvalue weighted by Crippen LogP contribution is -2.32. The highest BCUT2D eigenvalue weighted by molar-refractivity contribution is 5.93. The lowest BCUT2D eigenvalue weighted by atomic mass is 10.2. The van der Waals surface area contributed by atoms with Crippen molar-refractivity contribution in [3.05, 3.63) is 77.7 Å². The van der Waals surface area contributed by atoms with E-state index in [0.717, 1.165) is 12.0 Å². The number of halogens is 1. The summed E-state index contributed by atoms with van der Waals surface area (Å²) in [4.78, 5) is 21.5. The molecule has 1 atom stereocenters. The summed E-state index contributed by atoms with van der Waals surface area (Å²) in [6.45, 7) is 4.20. The fourth-order valence-electron chi connectivity index (χ4n) is 2.60. The Labute approximate surface area is 164 Å². The van der Waals surface area contributed by atoms with E-state index in [1.165, 1.54) is 6.07 Å². The number of nitrogens with one attached hydrogen (secondary N) is 2. The van der Waals surface area contributed by atoms with Gasteiger partial charge in [0.25, 0.3) is 5.91 Å². The van der Waals surface area contributed by atoms with Crippen LogP contribution in [0.4, 0.5) is 10.2 Å². The molecule has 0 spiro atoms. The van der Waals surface area contributed by atoms with Gasteiger partial charge in [0.15, 0.2) is 5.82 Å². The highest BCUT2D eigenvalue weighted by atomic mass is 19.1. The van der Waals surface area contributed by atoms with Gasteiger partial charge in [0.1, 0.15) is 17.3 Å². The van der Waals surface area contributed by atoms with E-state index in [0.29, 0.717) is 17.2 Å². The van der Waals surface area contributed by atoms with E-state index in [-0.39, 0.29) is 30.0 Å². The number of amides is 1. The first-order chi connectivity index (χ1) is 13.6. The molecular formula is C22H23FN4O. The minimum atomic E-state index is -0.290. The summed E-state index contributed by atoms with van der Waals surface area (Å²) in [5.41, 5.74) is 1.59. The summed E-state index contributed by atoms with van der Waals surface area (Å²) in [6.07, 6.45) is 0.820. The molecule has 0 saturated carbocycles. The molecule has 1 aromatic heterocycles. The molecule has 3 aromatic rings. The quantitative estimate of drug-likeness (QED) is 0.639. The number of carbonyl (C=O) groups excluding carboxylic acids is 1. The lowest BCUT2D eigenvalue weighted by molar-refractivity contribution is 0.0934. The zero-order valence-electron chi connectivity index (χ0n) is 15.9. The van der Waals surface area contributed by atoms with Crippen LogP contribution in [0.5, 0.6) is 0 Å². The molecule has 0 bridgehead atoms. The zero-order chi connectivity index (χ0) is 19.9. The van der Waals surface area contributed by atoms with Crippen LogP contribution >= 0.6 is 0 Å². The third kappa shape index (κ3) is 4.91. The second-order valence-electron chi connectivity index (χ2n) is 6.56. The van der Waals surface area contributed by atoms with Crippen molar-refractivity contribution < 1.29 is 9.18 Å². The first-order valence-corrected chi connectivity index (χ1v) is 9.29. The van der Waals surface area contributed by atoms with Gasteiger partial charge in [-0.1, -0.05) is 55.5 Å². The molecular weight excluding hydrogens is 355 g/mol. The van der Waals surface area contributed by atoms with Gasteiger partial charge in [0.2, 0.25) is 0 Å². The molecule has 0 aliphatic heterocycles. The second-order valence-corrected chi connectivity index (χ2v) is 6.56. The normalized spacial score (nSPS) is 11.7. The van der Waals surface area contributed by atoms with Crippen LogP contribution in [0, 0.1) is 5.82 Å². The Balaban J connectivity index is 1.90. The number of nitrogens with zero attached hydrogens (tertiary/aromatic N) is 2. The molecule has 2 aromatic carbocycles. The van der Waals surface area contributed by atoms with Gasteiger partial charge in [0.05, 0.1) is 0 Å². The number of benzene rings is 2. The van der Waals surface area contributed by atoms with Gasteiger partial charge in [-0.25, -0.2) is 14.4 Å². The second kappa shape index (κ2) is 9.08. The SMILES string of the molecule is CCC(C)NC(=O)c1cc(NCc2ccccc2F)nc(-c2ccccc2)n1. The summed E-state index contributed by atoms with van der Waals surface area (Å²) in [5, 5.41) is 6.02. The largest absolute Gasteiger partial charge is 0.366 e. The van der Waals surface area contributed by atoms with Gasteiger partial charge in [0, 0.05) is 29.8 Å². The van der Waals surface area contributed by atoms with Gasteiger partial charge in [-0.05, 0) is 19.4 Å². The maximum absolute atomic E-state index is 13.9. The molecule has 28 heavy (non-hydrogen) atoms. The Kier molecular flexibility index (Phi) is 6.32. The van der Waals surface area contributed by atoms with Crippen molar-refractivity contribution in [3.63, 3.8) is 0 Å². The molecule has 1 unspecified atom stereocenters. The number of carbonyl (C=O) groups is 1. The van der Waals surface area contributed by atoms with Crippen molar-refractivity contribution >= 4 is 11.7 Å². The molecule has 1 amide bonds. The summed E-state index contributed by atoms with van der Waals surface area (Å²) in [5.74, 6) is 0.352.